The minimum absolute atomic E-state index is 0.0840. The van der Waals surface area contributed by atoms with Crippen LogP contribution in [0.1, 0.15) is 16.7 Å². The number of nitrogens with zero attached hydrogens (tertiary/aromatic N) is 1. The van der Waals surface area contributed by atoms with Crippen LogP contribution in [0.15, 0.2) is 77.9 Å². The van der Waals surface area contributed by atoms with Crippen LogP contribution in [-0.4, -0.2) is 18.7 Å². The van der Waals surface area contributed by atoms with Gasteiger partial charge in [-0.2, -0.15) is 5.10 Å². The summed E-state index contributed by atoms with van der Waals surface area (Å²) in [5.74, 6) is 0.445. The molecular formula is C25H22N2O2. The van der Waals surface area contributed by atoms with Crippen molar-refractivity contribution in [2.75, 3.05) is 6.61 Å². The molecule has 0 fully saturated rings. The number of rotatable bonds is 5. The van der Waals surface area contributed by atoms with Crippen molar-refractivity contribution >= 4 is 33.7 Å². The molecule has 144 valence electrons. The average Bonchev–Trinajstić information content (AvgIpc) is 2.73. The number of hydrogen-bond donors (Lipinski definition) is 1. The molecule has 0 radical (unpaired) electrons. The van der Waals surface area contributed by atoms with E-state index in [0.717, 1.165) is 44.0 Å². The van der Waals surface area contributed by atoms with Gasteiger partial charge in [0.2, 0.25) is 0 Å². The quantitative estimate of drug-likeness (QED) is 0.295. The number of amides is 1. The van der Waals surface area contributed by atoms with E-state index in [4.69, 9.17) is 4.74 Å². The van der Waals surface area contributed by atoms with Crippen LogP contribution >= 0.6 is 0 Å². The average molecular weight is 382 g/mol. The number of carbonyl (C=O) groups is 1. The smallest absolute Gasteiger partial charge is 0.277 e. The molecule has 1 amide bonds. The van der Waals surface area contributed by atoms with Gasteiger partial charge in [-0.25, -0.2) is 5.43 Å². The Kier molecular flexibility index (Phi) is 5.25. The molecule has 0 unspecified atom stereocenters. The molecule has 4 aromatic rings. The number of hydrazone groups is 1. The monoisotopic (exact) mass is 382 g/mol. The Morgan fingerprint density at radius 3 is 2.10 bits per heavy atom. The van der Waals surface area contributed by atoms with Crippen LogP contribution in [0, 0.1) is 13.8 Å². The summed E-state index contributed by atoms with van der Waals surface area (Å²) >= 11 is 0. The van der Waals surface area contributed by atoms with Gasteiger partial charge < -0.3 is 4.74 Å². The number of hydrogen-bond acceptors (Lipinski definition) is 3. The van der Waals surface area contributed by atoms with E-state index < -0.39 is 0 Å². The first-order valence-corrected chi connectivity index (χ1v) is 9.55. The number of nitrogens with one attached hydrogen (secondary N) is 1. The second kappa shape index (κ2) is 8.15. The maximum atomic E-state index is 12.2. The molecule has 4 aromatic carbocycles. The Labute approximate surface area is 169 Å². The SMILES string of the molecule is Cc1cccc(C)c1OCC(=O)N/N=C/c1c2ccccc2cc2ccccc12. The van der Waals surface area contributed by atoms with E-state index >= 15 is 0 Å². The molecule has 0 aliphatic carbocycles. The molecule has 0 heterocycles. The normalized spacial score (nSPS) is 11.2. The fourth-order valence-corrected chi connectivity index (χ4v) is 3.55. The van der Waals surface area contributed by atoms with E-state index in [0.29, 0.717) is 0 Å². The summed E-state index contributed by atoms with van der Waals surface area (Å²) in [7, 11) is 0. The number of carbonyl (C=O) groups excluding carboxylic acids is 1. The molecule has 0 aliphatic rings. The van der Waals surface area contributed by atoms with Gasteiger partial charge in [-0.05, 0) is 52.6 Å². The maximum absolute atomic E-state index is 12.2. The Bertz CT molecular complexity index is 1150. The number of para-hydroxylation sites is 1. The van der Waals surface area contributed by atoms with Gasteiger partial charge in [-0.1, -0.05) is 66.7 Å². The summed E-state index contributed by atoms with van der Waals surface area (Å²) in [6.07, 6.45) is 1.71. The first-order valence-electron chi connectivity index (χ1n) is 9.55. The van der Waals surface area contributed by atoms with Gasteiger partial charge in [0, 0.05) is 5.56 Å². The van der Waals surface area contributed by atoms with Crippen molar-refractivity contribution in [2.24, 2.45) is 5.10 Å². The third kappa shape index (κ3) is 3.97. The highest BCUT2D eigenvalue weighted by Crippen LogP contribution is 2.27. The maximum Gasteiger partial charge on any atom is 0.277 e. The Morgan fingerprint density at radius 2 is 1.48 bits per heavy atom. The fraction of sp³-hybridized carbons (Fsp3) is 0.120. The lowest BCUT2D eigenvalue weighted by Gasteiger charge is -2.11. The minimum Gasteiger partial charge on any atom is -0.483 e. The van der Waals surface area contributed by atoms with Gasteiger partial charge in [0.25, 0.3) is 5.91 Å². The van der Waals surface area contributed by atoms with Gasteiger partial charge >= 0.3 is 0 Å². The lowest BCUT2D eigenvalue weighted by molar-refractivity contribution is -0.123. The van der Waals surface area contributed by atoms with Gasteiger partial charge in [-0.3, -0.25) is 4.79 Å². The van der Waals surface area contributed by atoms with E-state index in [1.807, 2.05) is 56.3 Å². The van der Waals surface area contributed by atoms with Crippen LogP contribution in [0.2, 0.25) is 0 Å². The lowest BCUT2D eigenvalue weighted by Crippen LogP contribution is -2.25. The van der Waals surface area contributed by atoms with Crippen molar-refractivity contribution in [2.45, 2.75) is 13.8 Å². The summed E-state index contributed by atoms with van der Waals surface area (Å²) < 4.78 is 5.69. The first kappa shape index (κ1) is 18.7. The largest absolute Gasteiger partial charge is 0.483 e. The van der Waals surface area contributed by atoms with Gasteiger partial charge in [-0.15, -0.1) is 0 Å². The molecule has 0 saturated carbocycles. The van der Waals surface area contributed by atoms with Crippen molar-refractivity contribution in [1.29, 1.82) is 0 Å². The molecule has 0 spiro atoms. The molecule has 0 bridgehead atoms. The zero-order valence-electron chi connectivity index (χ0n) is 16.5. The van der Waals surface area contributed by atoms with Crippen LogP contribution in [0.3, 0.4) is 0 Å². The number of benzene rings is 4. The second-order valence-electron chi connectivity index (χ2n) is 7.04. The van der Waals surface area contributed by atoms with Crippen LogP contribution in [0.25, 0.3) is 21.5 Å². The van der Waals surface area contributed by atoms with Crippen LogP contribution in [0.4, 0.5) is 0 Å². The van der Waals surface area contributed by atoms with E-state index in [1.165, 1.54) is 0 Å². The molecule has 0 atom stereocenters. The Morgan fingerprint density at radius 1 is 0.897 bits per heavy atom. The van der Waals surface area contributed by atoms with Crippen molar-refractivity contribution in [3.05, 3.63) is 89.5 Å². The van der Waals surface area contributed by atoms with Crippen molar-refractivity contribution < 1.29 is 9.53 Å². The highest BCUT2D eigenvalue weighted by atomic mass is 16.5. The predicted molar refractivity (Wildman–Crippen MR) is 119 cm³/mol. The Hall–Kier alpha value is -3.66. The third-order valence-electron chi connectivity index (χ3n) is 4.95. The fourth-order valence-electron chi connectivity index (χ4n) is 3.55. The number of ether oxygens (including phenoxy) is 1. The molecule has 0 aromatic heterocycles. The topological polar surface area (TPSA) is 50.7 Å². The van der Waals surface area contributed by atoms with Gasteiger partial charge in [0.1, 0.15) is 5.75 Å². The highest BCUT2D eigenvalue weighted by molar-refractivity contribution is 6.13. The van der Waals surface area contributed by atoms with Crippen LogP contribution in [0.5, 0.6) is 5.75 Å². The summed E-state index contributed by atoms with van der Waals surface area (Å²) in [4.78, 5) is 12.2. The third-order valence-corrected chi connectivity index (χ3v) is 4.95. The molecule has 4 rings (SSSR count). The van der Waals surface area contributed by atoms with E-state index in [2.05, 4.69) is 40.9 Å². The standard InChI is InChI=1S/C25H22N2O2/c1-17-8-7-9-18(2)25(17)29-16-24(28)27-26-15-23-21-12-5-3-10-19(21)14-20-11-4-6-13-22(20)23/h3-15H,16H2,1-2H3,(H,27,28)/b26-15+. The molecule has 4 nitrogen and oxygen atoms in total. The van der Waals surface area contributed by atoms with Gasteiger partial charge in [0.05, 0.1) is 6.21 Å². The highest BCUT2D eigenvalue weighted by Gasteiger charge is 2.08. The van der Waals surface area contributed by atoms with E-state index in [9.17, 15) is 4.79 Å². The summed E-state index contributed by atoms with van der Waals surface area (Å²) in [5, 5.41) is 8.65. The van der Waals surface area contributed by atoms with Crippen molar-refractivity contribution in [1.82, 2.24) is 5.43 Å². The second-order valence-corrected chi connectivity index (χ2v) is 7.04. The Balaban J connectivity index is 1.53. The van der Waals surface area contributed by atoms with Crippen LogP contribution in [-0.2, 0) is 4.79 Å². The van der Waals surface area contributed by atoms with Crippen molar-refractivity contribution in [3.8, 4) is 5.75 Å². The minimum atomic E-state index is -0.298. The zero-order valence-corrected chi connectivity index (χ0v) is 16.5. The summed E-state index contributed by atoms with van der Waals surface area (Å²) in [5.41, 5.74) is 5.56. The number of fused-ring (bicyclic) bond motifs is 2. The molecule has 1 N–H and O–H groups in total. The number of aryl methyl sites for hydroxylation is 2. The van der Waals surface area contributed by atoms with Crippen molar-refractivity contribution in [3.63, 3.8) is 0 Å². The molecule has 0 aliphatic heterocycles. The van der Waals surface area contributed by atoms with Crippen LogP contribution < -0.4 is 10.2 Å². The van der Waals surface area contributed by atoms with E-state index in [1.54, 1.807) is 6.21 Å². The van der Waals surface area contributed by atoms with Gasteiger partial charge in [0.15, 0.2) is 6.61 Å². The molecule has 0 saturated heterocycles. The molecular weight excluding hydrogens is 360 g/mol. The predicted octanol–water partition coefficient (Wildman–Crippen LogP) is 5.14. The summed E-state index contributed by atoms with van der Waals surface area (Å²) in [6, 6.07) is 24.4. The first-order chi connectivity index (χ1) is 14.1. The molecule has 29 heavy (non-hydrogen) atoms. The lowest BCUT2D eigenvalue weighted by atomic mass is 9.97. The zero-order chi connectivity index (χ0) is 20.2. The molecule has 4 heteroatoms. The summed E-state index contributed by atoms with van der Waals surface area (Å²) in [6.45, 7) is 3.84. The van der Waals surface area contributed by atoms with E-state index in [-0.39, 0.29) is 12.5 Å².